The fourth-order valence-electron chi connectivity index (χ4n) is 2.58. The van der Waals surface area contributed by atoms with Crippen molar-refractivity contribution in [3.8, 4) is 5.88 Å². The summed E-state index contributed by atoms with van der Waals surface area (Å²) < 4.78 is 5.20. The van der Waals surface area contributed by atoms with E-state index < -0.39 is 6.10 Å². The van der Waals surface area contributed by atoms with Crippen LogP contribution in [-0.2, 0) is 4.79 Å². The molecule has 1 aliphatic carbocycles. The van der Waals surface area contributed by atoms with Crippen LogP contribution in [0.5, 0.6) is 5.88 Å². The van der Waals surface area contributed by atoms with Crippen molar-refractivity contribution in [1.29, 1.82) is 0 Å². The number of anilines is 1. The van der Waals surface area contributed by atoms with Crippen molar-refractivity contribution in [2.24, 2.45) is 5.92 Å². The fourth-order valence-corrected chi connectivity index (χ4v) is 2.58. The molecule has 0 atom stereocenters. The van der Waals surface area contributed by atoms with Gasteiger partial charge in [-0.25, -0.2) is 9.97 Å². The van der Waals surface area contributed by atoms with Gasteiger partial charge in [0.1, 0.15) is 6.10 Å². The third kappa shape index (κ3) is 5.23. The van der Waals surface area contributed by atoms with Gasteiger partial charge in [0.25, 0.3) is 0 Å². The van der Waals surface area contributed by atoms with Crippen LogP contribution in [0.15, 0.2) is 12.4 Å². The van der Waals surface area contributed by atoms with Gasteiger partial charge >= 0.3 is 0 Å². The topological polar surface area (TPSA) is 105 Å². The standard InChI is InChI=1S/C15H23N3O4/c19-9-12(10-20)22-15-8-16-13(7-17-15)18-14(21)6-5-11-3-1-2-4-11/h7-8,11-12,19-20H,1-6,9-10H2,(H,16,18,21). The minimum atomic E-state index is -0.721. The molecule has 22 heavy (non-hydrogen) atoms. The molecule has 1 fully saturated rings. The average Bonchev–Trinajstić information content (AvgIpc) is 3.05. The van der Waals surface area contributed by atoms with Crippen LogP contribution in [-0.4, -0.2) is 45.4 Å². The van der Waals surface area contributed by atoms with Crippen molar-refractivity contribution >= 4 is 11.7 Å². The van der Waals surface area contributed by atoms with Crippen molar-refractivity contribution in [2.45, 2.75) is 44.6 Å². The molecule has 0 bridgehead atoms. The average molecular weight is 309 g/mol. The van der Waals surface area contributed by atoms with Crippen molar-refractivity contribution in [3.05, 3.63) is 12.4 Å². The molecule has 1 aromatic rings. The molecular weight excluding hydrogens is 286 g/mol. The Morgan fingerprint density at radius 3 is 2.59 bits per heavy atom. The summed E-state index contributed by atoms with van der Waals surface area (Å²) in [6.45, 7) is -0.615. The first-order valence-corrected chi connectivity index (χ1v) is 7.71. The van der Waals surface area contributed by atoms with Gasteiger partial charge in [-0.05, 0) is 12.3 Å². The summed E-state index contributed by atoms with van der Waals surface area (Å²) in [5.41, 5.74) is 0. The van der Waals surface area contributed by atoms with Gasteiger partial charge in [0.15, 0.2) is 5.82 Å². The Balaban J connectivity index is 1.76. The fraction of sp³-hybridized carbons (Fsp3) is 0.667. The largest absolute Gasteiger partial charge is 0.468 e. The van der Waals surface area contributed by atoms with Gasteiger partial charge in [-0.3, -0.25) is 4.79 Å². The highest BCUT2D eigenvalue weighted by Gasteiger charge is 2.16. The Bertz CT molecular complexity index is 456. The van der Waals surface area contributed by atoms with Crippen LogP contribution in [0, 0.1) is 5.92 Å². The van der Waals surface area contributed by atoms with Gasteiger partial charge < -0.3 is 20.3 Å². The number of aromatic nitrogens is 2. The van der Waals surface area contributed by atoms with E-state index in [2.05, 4.69) is 15.3 Å². The minimum absolute atomic E-state index is 0.0570. The molecule has 1 saturated carbocycles. The van der Waals surface area contributed by atoms with E-state index in [1.807, 2.05) is 0 Å². The van der Waals surface area contributed by atoms with Crippen LogP contribution < -0.4 is 10.1 Å². The predicted octanol–water partition coefficient (Wildman–Crippen LogP) is 1.12. The van der Waals surface area contributed by atoms with Crippen molar-refractivity contribution in [1.82, 2.24) is 9.97 Å². The second-order valence-electron chi connectivity index (χ2n) is 5.58. The van der Waals surface area contributed by atoms with Crippen molar-refractivity contribution in [2.75, 3.05) is 18.5 Å². The number of carbonyl (C=O) groups excluding carboxylic acids is 1. The molecule has 7 heteroatoms. The van der Waals surface area contributed by atoms with Crippen LogP contribution in [0.2, 0.25) is 0 Å². The zero-order chi connectivity index (χ0) is 15.8. The molecule has 122 valence electrons. The summed E-state index contributed by atoms with van der Waals surface area (Å²) in [5, 5.41) is 20.5. The lowest BCUT2D eigenvalue weighted by molar-refractivity contribution is -0.116. The van der Waals surface area contributed by atoms with E-state index in [1.54, 1.807) is 0 Å². The summed E-state index contributed by atoms with van der Waals surface area (Å²) in [6, 6.07) is 0. The number of ether oxygens (including phenoxy) is 1. The number of hydrogen-bond acceptors (Lipinski definition) is 6. The van der Waals surface area contributed by atoms with Gasteiger partial charge in [0.2, 0.25) is 11.8 Å². The zero-order valence-corrected chi connectivity index (χ0v) is 12.6. The molecule has 0 aliphatic heterocycles. The van der Waals surface area contributed by atoms with Crippen LogP contribution in [0.4, 0.5) is 5.82 Å². The lowest BCUT2D eigenvalue weighted by Gasteiger charge is -2.13. The molecule has 1 aromatic heterocycles. The first kappa shape index (κ1) is 16.6. The molecule has 3 N–H and O–H groups in total. The molecule has 1 amide bonds. The maximum atomic E-state index is 11.8. The van der Waals surface area contributed by atoms with Crippen LogP contribution in [0.1, 0.15) is 38.5 Å². The number of nitrogens with one attached hydrogen (secondary N) is 1. The number of hydrogen-bond donors (Lipinski definition) is 3. The highest BCUT2D eigenvalue weighted by Crippen LogP contribution is 2.28. The van der Waals surface area contributed by atoms with E-state index in [-0.39, 0.29) is 25.0 Å². The Kier molecular flexibility index (Phi) is 6.54. The highest BCUT2D eigenvalue weighted by atomic mass is 16.5. The Labute approximate surface area is 129 Å². The van der Waals surface area contributed by atoms with E-state index in [4.69, 9.17) is 14.9 Å². The summed E-state index contributed by atoms with van der Waals surface area (Å²) >= 11 is 0. The van der Waals surface area contributed by atoms with E-state index >= 15 is 0 Å². The zero-order valence-electron chi connectivity index (χ0n) is 12.6. The summed E-state index contributed by atoms with van der Waals surface area (Å²) in [7, 11) is 0. The SMILES string of the molecule is O=C(CCC1CCCC1)Nc1cnc(OC(CO)CO)cn1. The lowest BCUT2D eigenvalue weighted by Crippen LogP contribution is -2.25. The normalized spacial score (nSPS) is 15.2. The molecule has 0 spiro atoms. The number of aliphatic hydroxyl groups is 2. The summed E-state index contributed by atoms with van der Waals surface area (Å²) in [6.07, 6.45) is 8.48. The Hall–Kier alpha value is -1.73. The van der Waals surface area contributed by atoms with Gasteiger partial charge in [-0.15, -0.1) is 0 Å². The summed E-state index contributed by atoms with van der Waals surface area (Å²) in [5.74, 6) is 1.19. The molecule has 0 unspecified atom stereocenters. The monoisotopic (exact) mass is 309 g/mol. The van der Waals surface area contributed by atoms with Gasteiger partial charge in [0, 0.05) is 6.42 Å². The van der Waals surface area contributed by atoms with E-state index in [9.17, 15) is 4.79 Å². The van der Waals surface area contributed by atoms with Crippen LogP contribution in [0.25, 0.3) is 0 Å². The van der Waals surface area contributed by atoms with Crippen molar-refractivity contribution < 1.29 is 19.7 Å². The molecule has 0 aromatic carbocycles. The van der Waals surface area contributed by atoms with Gasteiger partial charge in [0.05, 0.1) is 25.6 Å². The van der Waals surface area contributed by atoms with Crippen LogP contribution in [0.3, 0.4) is 0 Å². The second kappa shape index (κ2) is 8.65. The molecular formula is C15H23N3O4. The first-order valence-electron chi connectivity index (χ1n) is 7.71. The molecule has 0 saturated heterocycles. The predicted molar refractivity (Wildman–Crippen MR) is 80.4 cm³/mol. The van der Waals surface area contributed by atoms with Gasteiger partial charge in [-0.2, -0.15) is 0 Å². The van der Waals surface area contributed by atoms with E-state index in [1.165, 1.54) is 38.1 Å². The maximum absolute atomic E-state index is 11.8. The van der Waals surface area contributed by atoms with Gasteiger partial charge in [-0.1, -0.05) is 25.7 Å². The van der Waals surface area contributed by atoms with E-state index in [0.29, 0.717) is 18.2 Å². The number of carbonyl (C=O) groups is 1. The third-order valence-corrected chi connectivity index (χ3v) is 3.84. The van der Waals surface area contributed by atoms with Crippen molar-refractivity contribution in [3.63, 3.8) is 0 Å². The first-order chi connectivity index (χ1) is 10.7. The maximum Gasteiger partial charge on any atom is 0.232 e. The molecule has 7 nitrogen and oxygen atoms in total. The Morgan fingerprint density at radius 2 is 2.00 bits per heavy atom. The number of nitrogens with zero attached hydrogens (tertiary/aromatic N) is 2. The molecule has 0 radical (unpaired) electrons. The highest BCUT2D eigenvalue weighted by molar-refractivity contribution is 5.89. The van der Waals surface area contributed by atoms with Crippen LogP contribution >= 0.6 is 0 Å². The smallest absolute Gasteiger partial charge is 0.232 e. The molecule has 2 rings (SSSR count). The minimum Gasteiger partial charge on any atom is -0.468 e. The molecule has 1 heterocycles. The number of aliphatic hydroxyl groups excluding tert-OH is 2. The second-order valence-corrected chi connectivity index (χ2v) is 5.58. The Morgan fingerprint density at radius 1 is 1.27 bits per heavy atom. The lowest BCUT2D eigenvalue weighted by atomic mass is 10.0. The number of amides is 1. The third-order valence-electron chi connectivity index (χ3n) is 3.84. The summed E-state index contributed by atoms with van der Waals surface area (Å²) in [4.78, 5) is 19.9. The number of rotatable bonds is 8. The molecule has 1 aliphatic rings. The van der Waals surface area contributed by atoms with E-state index in [0.717, 1.165) is 6.42 Å². The quantitative estimate of drug-likeness (QED) is 0.664.